The lowest BCUT2D eigenvalue weighted by atomic mass is 9.86. The number of amides is 2. The van der Waals surface area contributed by atoms with Crippen molar-refractivity contribution in [2.24, 2.45) is 5.92 Å². The van der Waals surface area contributed by atoms with Crippen molar-refractivity contribution in [2.75, 3.05) is 33.2 Å². The van der Waals surface area contributed by atoms with E-state index < -0.39 is 42.0 Å². The average Bonchev–Trinajstić information content (AvgIpc) is 2.83. The number of hydrogen-bond donors (Lipinski definition) is 2. The van der Waals surface area contributed by atoms with Crippen LogP contribution in [0.1, 0.15) is 34.7 Å². The van der Waals surface area contributed by atoms with Gasteiger partial charge in [-0.25, -0.2) is 0 Å². The smallest absolute Gasteiger partial charge is 0.410 e. The molecule has 5 rings (SSSR count). The summed E-state index contributed by atoms with van der Waals surface area (Å²) in [7, 11) is 1.92. The van der Waals surface area contributed by atoms with E-state index in [0.29, 0.717) is 37.7 Å². The maximum Gasteiger partial charge on any atom is 0.410 e. The quantitative estimate of drug-likeness (QED) is 0.613. The van der Waals surface area contributed by atoms with E-state index in [4.69, 9.17) is 4.74 Å². The Balaban J connectivity index is 1.42. The van der Waals surface area contributed by atoms with Crippen molar-refractivity contribution in [2.45, 2.75) is 44.6 Å². The minimum atomic E-state index is -4.61. The monoisotopic (exact) mass is 516 g/mol. The first-order valence-corrected chi connectivity index (χ1v) is 12.5. The summed E-state index contributed by atoms with van der Waals surface area (Å²) < 4.78 is 47.9. The molecule has 37 heavy (non-hydrogen) atoms. The van der Waals surface area contributed by atoms with Gasteiger partial charge in [0.25, 0.3) is 0 Å². The molecule has 7 nitrogen and oxygen atoms in total. The van der Waals surface area contributed by atoms with Crippen LogP contribution in [0.3, 0.4) is 0 Å². The molecule has 198 valence electrons. The van der Waals surface area contributed by atoms with Gasteiger partial charge in [-0.1, -0.05) is 24.3 Å². The van der Waals surface area contributed by atoms with Crippen molar-refractivity contribution in [3.63, 3.8) is 0 Å². The summed E-state index contributed by atoms with van der Waals surface area (Å²) in [6, 6.07) is 7.69. The first-order valence-electron chi connectivity index (χ1n) is 12.5. The number of alkyl halides is 3. The highest BCUT2D eigenvalue weighted by Crippen LogP contribution is 2.44. The Labute approximate surface area is 213 Å². The molecule has 0 radical (unpaired) electrons. The van der Waals surface area contributed by atoms with Crippen LogP contribution in [0.4, 0.5) is 13.2 Å². The van der Waals surface area contributed by atoms with Gasteiger partial charge in [0, 0.05) is 43.3 Å². The van der Waals surface area contributed by atoms with Crippen molar-refractivity contribution in [3.8, 4) is 11.5 Å². The highest BCUT2D eigenvalue weighted by molar-refractivity contribution is 6.01. The van der Waals surface area contributed by atoms with E-state index in [9.17, 15) is 22.8 Å². The molecule has 2 fully saturated rings. The molecule has 3 atom stereocenters. The number of fused-ring (bicyclic) bond motifs is 2. The number of ether oxygens (including phenoxy) is 1. The third-order valence-corrected chi connectivity index (χ3v) is 7.62. The lowest BCUT2D eigenvalue weighted by Crippen LogP contribution is -2.67. The summed E-state index contributed by atoms with van der Waals surface area (Å²) >= 11 is 0. The van der Waals surface area contributed by atoms with Gasteiger partial charge in [-0.05, 0) is 50.6 Å². The van der Waals surface area contributed by atoms with Crippen LogP contribution in [0.15, 0.2) is 36.4 Å². The standard InChI is InChI=1S/C27H31F3N4O3/c1-15-4-6-17-21(12-15)37-22-13-16(2)5-7-18(22)23(17)31-25(35)19-14-20(34-10-8-33(3)9-11-34)24(27(28,29)30)32-26(19)36/h4-7,12-13,19-20,23-24H,8-11,14H2,1-3H3,(H,31,35)(H,32,36). The number of nitrogens with zero attached hydrogens (tertiary/aromatic N) is 2. The normalized spacial score (nSPS) is 25.0. The zero-order valence-electron chi connectivity index (χ0n) is 21.1. The summed E-state index contributed by atoms with van der Waals surface area (Å²) in [5.41, 5.74) is 3.44. The minimum absolute atomic E-state index is 0.198. The van der Waals surface area contributed by atoms with Crippen molar-refractivity contribution >= 4 is 11.8 Å². The third-order valence-electron chi connectivity index (χ3n) is 7.62. The molecule has 0 aromatic heterocycles. The molecular formula is C27H31F3N4O3. The number of piperazine rings is 1. The maximum absolute atomic E-state index is 13.9. The number of carbonyl (C=O) groups excluding carboxylic acids is 2. The van der Waals surface area contributed by atoms with Gasteiger partial charge in [0.2, 0.25) is 11.8 Å². The second kappa shape index (κ2) is 9.64. The summed E-state index contributed by atoms with van der Waals surface area (Å²) in [5.74, 6) is -1.53. The molecule has 0 spiro atoms. The molecule has 2 saturated heterocycles. The van der Waals surface area contributed by atoms with Crippen LogP contribution < -0.4 is 15.4 Å². The van der Waals surface area contributed by atoms with E-state index in [-0.39, 0.29) is 6.42 Å². The summed E-state index contributed by atoms with van der Waals surface area (Å²) in [4.78, 5) is 30.2. The lowest BCUT2D eigenvalue weighted by Gasteiger charge is -2.45. The molecule has 3 unspecified atom stereocenters. The van der Waals surface area contributed by atoms with Crippen LogP contribution in [-0.4, -0.2) is 73.1 Å². The topological polar surface area (TPSA) is 73.9 Å². The first-order chi connectivity index (χ1) is 17.5. The Kier molecular flexibility index (Phi) is 6.66. The Morgan fingerprint density at radius 3 is 2.11 bits per heavy atom. The number of nitrogens with one attached hydrogen (secondary N) is 2. The predicted octanol–water partition coefficient (Wildman–Crippen LogP) is 3.30. The van der Waals surface area contributed by atoms with Gasteiger partial charge in [-0.2, -0.15) is 13.2 Å². The molecule has 0 aliphatic carbocycles. The van der Waals surface area contributed by atoms with E-state index in [1.54, 1.807) is 4.90 Å². The van der Waals surface area contributed by atoms with Gasteiger partial charge >= 0.3 is 6.18 Å². The third kappa shape index (κ3) is 5.04. The van der Waals surface area contributed by atoms with Crippen molar-refractivity contribution < 1.29 is 27.5 Å². The predicted molar refractivity (Wildman–Crippen MR) is 131 cm³/mol. The number of piperidine rings is 1. The molecular weight excluding hydrogens is 485 g/mol. The number of benzene rings is 2. The molecule has 0 saturated carbocycles. The molecule has 3 aliphatic rings. The second-order valence-corrected chi connectivity index (χ2v) is 10.3. The molecule has 3 aliphatic heterocycles. The lowest BCUT2D eigenvalue weighted by molar-refractivity contribution is -0.186. The Morgan fingerprint density at radius 1 is 1.00 bits per heavy atom. The largest absolute Gasteiger partial charge is 0.457 e. The molecule has 2 aromatic carbocycles. The van der Waals surface area contributed by atoms with Gasteiger partial charge < -0.3 is 20.3 Å². The van der Waals surface area contributed by atoms with E-state index >= 15 is 0 Å². The van der Waals surface area contributed by atoms with Gasteiger partial charge in [-0.3, -0.25) is 14.5 Å². The fourth-order valence-electron chi connectivity index (χ4n) is 5.50. The van der Waals surface area contributed by atoms with Crippen LogP contribution in [0.2, 0.25) is 0 Å². The molecule has 0 bridgehead atoms. The van der Waals surface area contributed by atoms with E-state index in [1.165, 1.54) is 0 Å². The van der Waals surface area contributed by atoms with Gasteiger partial charge in [0.1, 0.15) is 23.5 Å². The Hall–Kier alpha value is -3.11. The summed E-state index contributed by atoms with van der Waals surface area (Å²) in [6.07, 6.45) is -4.81. The van der Waals surface area contributed by atoms with Crippen LogP contribution in [0, 0.1) is 19.8 Å². The SMILES string of the molecule is Cc1ccc2c(c1)Oc1cc(C)ccc1C2NC(=O)C1CC(N2CCN(C)CC2)C(C(F)(F)F)NC1=O. The zero-order valence-corrected chi connectivity index (χ0v) is 21.1. The second-order valence-electron chi connectivity index (χ2n) is 10.3. The summed E-state index contributed by atoms with van der Waals surface area (Å²) in [6.45, 7) is 6.01. The number of halogens is 3. The molecule has 2 aromatic rings. The molecule has 2 amide bonds. The minimum Gasteiger partial charge on any atom is -0.457 e. The van der Waals surface area contributed by atoms with Crippen LogP contribution in [0.25, 0.3) is 0 Å². The Morgan fingerprint density at radius 2 is 1.57 bits per heavy atom. The van der Waals surface area contributed by atoms with E-state index in [0.717, 1.165) is 22.3 Å². The Bertz CT molecular complexity index is 1160. The van der Waals surface area contributed by atoms with Crippen molar-refractivity contribution in [1.29, 1.82) is 0 Å². The average molecular weight is 517 g/mol. The van der Waals surface area contributed by atoms with Crippen LogP contribution in [-0.2, 0) is 9.59 Å². The number of rotatable bonds is 3. The number of aryl methyl sites for hydroxylation is 2. The fourth-order valence-corrected chi connectivity index (χ4v) is 5.50. The molecule has 3 heterocycles. The van der Waals surface area contributed by atoms with Gasteiger partial charge in [0.15, 0.2) is 0 Å². The van der Waals surface area contributed by atoms with Crippen molar-refractivity contribution in [1.82, 2.24) is 20.4 Å². The molecule has 10 heteroatoms. The van der Waals surface area contributed by atoms with Crippen LogP contribution >= 0.6 is 0 Å². The molecule has 2 N–H and O–H groups in total. The zero-order chi connectivity index (χ0) is 26.5. The number of hydrogen-bond acceptors (Lipinski definition) is 5. The number of likely N-dealkylation sites (N-methyl/N-ethyl adjacent to an activating group) is 1. The summed E-state index contributed by atoms with van der Waals surface area (Å²) in [5, 5.41) is 5.10. The van der Waals surface area contributed by atoms with E-state index in [2.05, 4.69) is 10.6 Å². The fraction of sp³-hybridized carbons (Fsp3) is 0.481. The van der Waals surface area contributed by atoms with Crippen LogP contribution in [0.5, 0.6) is 11.5 Å². The van der Waals surface area contributed by atoms with Gasteiger partial charge in [-0.15, -0.1) is 0 Å². The number of carbonyl (C=O) groups is 2. The van der Waals surface area contributed by atoms with E-state index in [1.807, 2.05) is 62.2 Å². The van der Waals surface area contributed by atoms with Gasteiger partial charge in [0.05, 0.1) is 6.04 Å². The highest BCUT2D eigenvalue weighted by atomic mass is 19.4. The highest BCUT2D eigenvalue weighted by Gasteiger charge is 2.53. The van der Waals surface area contributed by atoms with Crippen molar-refractivity contribution in [3.05, 3.63) is 58.7 Å². The maximum atomic E-state index is 13.9. The first kappa shape index (κ1) is 25.5.